The van der Waals surface area contributed by atoms with Crippen LogP contribution in [0, 0.1) is 0 Å². The Balaban J connectivity index is 2.97. The summed E-state index contributed by atoms with van der Waals surface area (Å²) in [6.07, 6.45) is 40.1. The molecule has 0 N–H and O–H groups in total. The summed E-state index contributed by atoms with van der Waals surface area (Å²) in [6.45, 7) is 2.31. The van der Waals surface area contributed by atoms with Gasteiger partial charge in [0.05, 0.1) is 0 Å². The van der Waals surface area contributed by atoms with Crippen molar-refractivity contribution in [1.82, 2.24) is 0 Å². The third-order valence-electron chi connectivity index (χ3n) is 6.81. The molecule has 0 fully saturated rings. The molecule has 0 rings (SSSR count). The van der Waals surface area contributed by atoms with Gasteiger partial charge in [0.15, 0.2) is 0 Å². The Hall–Kier alpha value is 0.558. The maximum absolute atomic E-state index is 2.31. The number of unbranched alkanes of at least 4 members (excludes halogenated alkanes) is 26. The van der Waals surface area contributed by atoms with Crippen LogP contribution in [0.4, 0.5) is 0 Å². The Bertz CT molecular complexity index is 248. The molecule has 0 amide bonds. The summed E-state index contributed by atoms with van der Waals surface area (Å²) in [5.74, 6) is 0. The Morgan fingerprint density at radius 2 is 0.433 bits per heavy atom. The molecule has 0 aliphatic rings. The number of rotatable bonds is 27. The van der Waals surface area contributed by atoms with Crippen LogP contribution in [-0.4, -0.2) is 16.9 Å². The molecule has 0 aromatic rings. The molecule has 0 saturated carbocycles. The number of hydrogen-bond donors (Lipinski definition) is 0. The standard InChI is InChI=1S/C29H61As/c1-2-3-4-5-6-7-8-9-10-11-12-13-14-15-16-17-18-19-20-21-22-23-24-25-26-27-28-29-30/h2-30H2,1H3. The van der Waals surface area contributed by atoms with Crippen LogP contribution < -0.4 is 0 Å². The maximum atomic E-state index is 2.31. The van der Waals surface area contributed by atoms with E-state index in [1.54, 1.807) is 0 Å². The third-order valence-corrected chi connectivity index (χ3v) is 7.66. The Morgan fingerprint density at radius 3 is 0.600 bits per heavy atom. The van der Waals surface area contributed by atoms with Crippen LogP contribution in [0.2, 0.25) is 5.21 Å². The summed E-state index contributed by atoms with van der Waals surface area (Å²) in [4.78, 5) is 0. The Kier molecular flexibility index (Phi) is 30.1. The first-order valence-electron chi connectivity index (χ1n) is 14.6. The fourth-order valence-electron chi connectivity index (χ4n) is 4.64. The normalized spacial score (nSPS) is 11.4. The Labute approximate surface area is 202 Å². The molecule has 0 aliphatic carbocycles. The monoisotopic (exact) mass is 484 g/mol. The van der Waals surface area contributed by atoms with Crippen molar-refractivity contribution in [2.75, 3.05) is 0 Å². The first kappa shape index (κ1) is 30.6. The zero-order chi connectivity index (χ0) is 21.8. The molecule has 0 radical (unpaired) electrons. The van der Waals surface area contributed by atoms with Gasteiger partial charge in [0, 0.05) is 0 Å². The summed E-state index contributed by atoms with van der Waals surface area (Å²) in [6, 6.07) is 0. The molecule has 0 aliphatic heterocycles. The summed E-state index contributed by atoms with van der Waals surface area (Å²) in [5, 5.41) is 1.44. The molecule has 1 atom stereocenters. The predicted octanol–water partition coefficient (Wildman–Crippen LogP) is 10.6. The SMILES string of the molecule is CCCCCCCCCCCCCCCCCCCCCCCCCCCCC[AsH2]. The minimum atomic E-state index is 1.37. The van der Waals surface area contributed by atoms with Crippen molar-refractivity contribution in [3.05, 3.63) is 0 Å². The molecule has 0 bridgehead atoms. The zero-order valence-electron chi connectivity index (χ0n) is 21.4. The van der Waals surface area contributed by atoms with Gasteiger partial charge < -0.3 is 0 Å². The first-order chi connectivity index (χ1) is 14.9. The molecule has 30 heavy (non-hydrogen) atoms. The van der Waals surface area contributed by atoms with Crippen LogP contribution in [0.3, 0.4) is 0 Å². The van der Waals surface area contributed by atoms with Crippen molar-refractivity contribution in [3.63, 3.8) is 0 Å². The van der Waals surface area contributed by atoms with Crippen LogP contribution in [0.5, 0.6) is 0 Å². The van der Waals surface area contributed by atoms with Crippen molar-refractivity contribution in [3.8, 4) is 0 Å². The van der Waals surface area contributed by atoms with E-state index < -0.39 is 0 Å². The molecule has 1 heteroatoms. The molecular weight excluding hydrogens is 423 g/mol. The summed E-state index contributed by atoms with van der Waals surface area (Å²) in [7, 11) is 0. The van der Waals surface area contributed by atoms with Gasteiger partial charge in [-0.1, -0.05) is 110 Å². The van der Waals surface area contributed by atoms with Crippen LogP contribution in [-0.2, 0) is 0 Å². The van der Waals surface area contributed by atoms with E-state index >= 15 is 0 Å². The summed E-state index contributed by atoms with van der Waals surface area (Å²) in [5.41, 5.74) is 0. The second-order valence-corrected chi connectivity index (χ2v) is 11.2. The minimum absolute atomic E-state index is 1.37. The van der Waals surface area contributed by atoms with E-state index in [2.05, 4.69) is 6.92 Å². The third kappa shape index (κ3) is 28.6. The second-order valence-electron chi connectivity index (χ2n) is 9.98. The average Bonchev–Trinajstić information content (AvgIpc) is 2.76. The van der Waals surface area contributed by atoms with Gasteiger partial charge in [0.2, 0.25) is 0 Å². The van der Waals surface area contributed by atoms with E-state index in [-0.39, 0.29) is 0 Å². The van der Waals surface area contributed by atoms with Gasteiger partial charge in [-0.2, -0.15) is 0 Å². The van der Waals surface area contributed by atoms with Gasteiger partial charge in [0.1, 0.15) is 0 Å². The number of hydrogen-bond acceptors (Lipinski definition) is 0. The van der Waals surface area contributed by atoms with Crippen LogP contribution in [0.25, 0.3) is 0 Å². The molecule has 182 valence electrons. The van der Waals surface area contributed by atoms with Crippen molar-refractivity contribution < 1.29 is 0 Å². The van der Waals surface area contributed by atoms with Gasteiger partial charge in [-0.3, -0.25) is 0 Å². The van der Waals surface area contributed by atoms with E-state index in [1.807, 2.05) is 16.9 Å². The molecule has 0 aromatic carbocycles. The van der Waals surface area contributed by atoms with Crippen LogP contribution >= 0.6 is 0 Å². The fourth-order valence-corrected chi connectivity index (χ4v) is 5.24. The van der Waals surface area contributed by atoms with E-state index in [4.69, 9.17) is 0 Å². The molecular formula is C29H61As. The van der Waals surface area contributed by atoms with E-state index in [0.717, 1.165) is 0 Å². The van der Waals surface area contributed by atoms with Crippen molar-refractivity contribution in [2.24, 2.45) is 0 Å². The predicted molar refractivity (Wildman–Crippen MR) is 144 cm³/mol. The quantitative estimate of drug-likeness (QED) is 0.0803. The summed E-state index contributed by atoms with van der Waals surface area (Å²) >= 11 is 1.90. The molecule has 0 spiro atoms. The molecule has 1 unspecified atom stereocenters. The van der Waals surface area contributed by atoms with Gasteiger partial charge in [-0.15, -0.1) is 0 Å². The van der Waals surface area contributed by atoms with Crippen molar-refractivity contribution in [1.29, 1.82) is 0 Å². The first-order valence-corrected chi connectivity index (χ1v) is 16.3. The van der Waals surface area contributed by atoms with E-state index in [0.29, 0.717) is 0 Å². The molecule has 0 heterocycles. The zero-order valence-corrected chi connectivity index (χ0v) is 23.8. The topological polar surface area (TPSA) is 0 Å². The van der Waals surface area contributed by atoms with Crippen molar-refractivity contribution in [2.45, 2.75) is 185 Å². The van der Waals surface area contributed by atoms with Gasteiger partial charge in [-0.25, -0.2) is 0 Å². The fraction of sp³-hybridized carbons (Fsp3) is 1.00. The van der Waals surface area contributed by atoms with Crippen molar-refractivity contribution >= 4 is 16.9 Å². The average molecular weight is 485 g/mol. The van der Waals surface area contributed by atoms with Crippen LogP contribution in [0.15, 0.2) is 0 Å². The molecule has 0 aromatic heterocycles. The second kappa shape index (κ2) is 29.6. The van der Waals surface area contributed by atoms with Crippen LogP contribution in [0.1, 0.15) is 180 Å². The van der Waals surface area contributed by atoms with E-state index in [1.165, 1.54) is 179 Å². The van der Waals surface area contributed by atoms with Gasteiger partial charge >= 0.3 is 92.7 Å². The van der Waals surface area contributed by atoms with Gasteiger partial charge in [0.25, 0.3) is 0 Å². The molecule has 0 nitrogen and oxygen atoms in total. The summed E-state index contributed by atoms with van der Waals surface area (Å²) < 4.78 is 0. The molecule has 0 saturated heterocycles. The van der Waals surface area contributed by atoms with Gasteiger partial charge in [-0.05, 0) is 0 Å². The van der Waals surface area contributed by atoms with E-state index in [9.17, 15) is 0 Å². The Morgan fingerprint density at radius 1 is 0.267 bits per heavy atom.